The van der Waals surface area contributed by atoms with Gasteiger partial charge in [-0.05, 0) is 5.92 Å². The summed E-state index contributed by atoms with van der Waals surface area (Å²) in [6, 6.07) is 2.95. The minimum absolute atomic E-state index is 0. The average molecular weight is 207 g/mol. The molecule has 3 heteroatoms. The van der Waals surface area contributed by atoms with Gasteiger partial charge in [-0.15, -0.1) is 11.9 Å². The smallest absolute Gasteiger partial charge is 0.430 e. The second kappa shape index (κ2) is 5.52. The topological polar surface area (TPSA) is 25.8 Å². The summed E-state index contributed by atoms with van der Waals surface area (Å²) in [5.74, 6) is 0.452. The molecule has 0 spiro atoms. The third-order valence-electron chi connectivity index (χ3n) is 1.10. The molecule has 1 heterocycles. The maximum absolute atomic E-state index is 4.01. The van der Waals surface area contributed by atoms with Gasteiger partial charge in [-0.3, -0.25) is 9.97 Å². The van der Waals surface area contributed by atoms with Crippen molar-refractivity contribution in [3.05, 3.63) is 24.3 Å². The van der Waals surface area contributed by atoms with E-state index in [-0.39, 0.29) is 58.2 Å². The van der Waals surface area contributed by atoms with E-state index in [2.05, 4.69) is 29.9 Å². The molecule has 10 heavy (non-hydrogen) atoms. The maximum atomic E-state index is 4.01. The Kier molecular flexibility index (Phi) is 6.01. The van der Waals surface area contributed by atoms with Crippen LogP contribution in [0.5, 0.6) is 0 Å². The molecule has 0 aliphatic heterocycles. The molecule has 0 atom stereocenters. The summed E-state index contributed by atoms with van der Waals surface area (Å²) in [6.07, 6.45) is 3.19. The molecule has 0 amide bonds. The zero-order valence-corrected chi connectivity index (χ0v) is 11.5. The van der Waals surface area contributed by atoms with Crippen LogP contribution in [0.1, 0.15) is 25.5 Å². The number of nitrogens with zero attached hydrogens (tertiary/aromatic N) is 2. The number of hydrogen-bond acceptors (Lipinski definition) is 2. The molecule has 0 aromatic carbocycles. The van der Waals surface area contributed by atoms with Gasteiger partial charge < -0.3 is 6.07 Å². The van der Waals surface area contributed by atoms with Crippen LogP contribution in [0.25, 0.3) is 0 Å². The zero-order valence-electron chi connectivity index (χ0n) is 6.63. The van der Waals surface area contributed by atoms with Gasteiger partial charge in [0.05, 0.1) is 0 Å². The summed E-state index contributed by atoms with van der Waals surface area (Å²) >= 11 is 0. The second-order valence-corrected chi connectivity index (χ2v) is 2.21. The summed E-state index contributed by atoms with van der Waals surface area (Å²) in [5, 5.41) is 0. The molecule has 0 saturated carbocycles. The molecule has 0 fully saturated rings. The van der Waals surface area contributed by atoms with Gasteiger partial charge in [-0.2, -0.15) is 0 Å². The second-order valence-electron chi connectivity index (χ2n) is 2.21. The Bertz CT molecular complexity index is 174. The Labute approximate surface area is 110 Å². The van der Waals surface area contributed by atoms with Crippen LogP contribution in [0, 0.1) is 6.07 Å². The summed E-state index contributed by atoms with van der Waals surface area (Å²) < 4.78 is 0. The van der Waals surface area contributed by atoms with Crippen molar-refractivity contribution in [2.75, 3.05) is 0 Å². The maximum Gasteiger partial charge on any atom is 1.00 e. The van der Waals surface area contributed by atoms with Gasteiger partial charge in [0.15, 0.2) is 0 Å². The van der Waals surface area contributed by atoms with E-state index < -0.39 is 0 Å². The first kappa shape index (κ1) is 10.9. The van der Waals surface area contributed by atoms with Gasteiger partial charge in [-0.1, -0.05) is 13.8 Å². The molecule has 0 aliphatic carbocycles. The molecule has 0 radical (unpaired) electrons. The van der Waals surface area contributed by atoms with E-state index in [0.29, 0.717) is 5.92 Å². The minimum atomic E-state index is 0. The van der Waals surface area contributed by atoms with Crippen molar-refractivity contribution in [3.63, 3.8) is 0 Å². The molecule has 0 N–H and O–H groups in total. The van der Waals surface area contributed by atoms with Crippen LogP contribution < -0.4 is 58.2 Å². The molecule has 2 nitrogen and oxygen atoms in total. The number of hydrogen-bond donors (Lipinski definition) is 0. The monoisotopic (exact) mass is 206 g/mol. The number of aromatic nitrogens is 2. The van der Waals surface area contributed by atoms with Crippen LogP contribution >= 0.6 is 0 Å². The Morgan fingerprint density at radius 1 is 1.50 bits per heavy atom. The predicted molar refractivity (Wildman–Crippen MR) is 35.0 cm³/mol. The molecule has 1 rings (SSSR count). The normalized spacial score (nSPS) is 9.10. The van der Waals surface area contributed by atoms with Crippen molar-refractivity contribution in [2.45, 2.75) is 19.8 Å². The molecule has 0 bridgehead atoms. The Morgan fingerprint density at radius 3 is 2.50 bits per heavy atom. The summed E-state index contributed by atoms with van der Waals surface area (Å²) in [5.41, 5.74) is 0.977. The predicted octanol–water partition coefficient (Wildman–Crippen LogP) is -1.60. The van der Waals surface area contributed by atoms with Crippen molar-refractivity contribution in [3.8, 4) is 0 Å². The summed E-state index contributed by atoms with van der Waals surface area (Å²) in [7, 11) is 0. The van der Waals surface area contributed by atoms with Gasteiger partial charge in [0.25, 0.3) is 0 Å². The van der Waals surface area contributed by atoms with E-state index in [1.807, 2.05) is 0 Å². The number of rotatable bonds is 1. The fourth-order valence-electron chi connectivity index (χ4n) is 0.585. The molecular formula is C7H9N2Rb. The van der Waals surface area contributed by atoms with Crippen LogP contribution in [0.15, 0.2) is 12.5 Å². The first-order valence-electron chi connectivity index (χ1n) is 2.98. The average Bonchev–Trinajstić information content (AvgIpc) is 1.90. The largest absolute Gasteiger partial charge is 1.00 e. The Morgan fingerprint density at radius 2 is 2.20 bits per heavy atom. The van der Waals surface area contributed by atoms with Crippen LogP contribution in [-0.4, -0.2) is 9.97 Å². The van der Waals surface area contributed by atoms with E-state index in [4.69, 9.17) is 0 Å². The SMILES string of the molecule is CC(C)c1[c-]cncn1.[Rb+]. The van der Waals surface area contributed by atoms with Crippen molar-refractivity contribution in [1.82, 2.24) is 9.97 Å². The molecule has 48 valence electrons. The van der Waals surface area contributed by atoms with Crippen LogP contribution in [0.3, 0.4) is 0 Å². The van der Waals surface area contributed by atoms with Gasteiger partial charge in [0, 0.05) is 0 Å². The van der Waals surface area contributed by atoms with Crippen LogP contribution in [-0.2, 0) is 0 Å². The zero-order chi connectivity index (χ0) is 6.69. The minimum Gasteiger partial charge on any atom is -0.430 e. The van der Waals surface area contributed by atoms with Gasteiger partial charge in [0.2, 0.25) is 0 Å². The van der Waals surface area contributed by atoms with E-state index in [1.54, 1.807) is 12.5 Å². The fourth-order valence-corrected chi connectivity index (χ4v) is 0.585. The third-order valence-corrected chi connectivity index (χ3v) is 1.10. The molecule has 0 unspecified atom stereocenters. The molecule has 0 saturated heterocycles. The van der Waals surface area contributed by atoms with Crippen LogP contribution in [0.2, 0.25) is 0 Å². The van der Waals surface area contributed by atoms with E-state index in [9.17, 15) is 0 Å². The Hall–Kier alpha value is 0.885. The summed E-state index contributed by atoms with van der Waals surface area (Å²) in [6.45, 7) is 4.16. The Balaban J connectivity index is 0.000000810. The van der Waals surface area contributed by atoms with Crippen molar-refractivity contribution >= 4 is 0 Å². The van der Waals surface area contributed by atoms with Crippen molar-refractivity contribution in [2.24, 2.45) is 0 Å². The first-order chi connectivity index (χ1) is 4.30. The van der Waals surface area contributed by atoms with Gasteiger partial charge >= 0.3 is 58.2 Å². The first-order valence-corrected chi connectivity index (χ1v) is 2.98. The van der Waals surface area contributed by atoms with E-state index >= 15 is 0 Å². The van der Waals surface area contributed by atoms with Gasteiger partial charge in [-0.25, -0.2) is 0 Å². The fraction of sp³-hybridized carbons (Fsp3) is 0.429. The van der Waals surface area contributed by atoms with E-state index in [0.717, 1.165) is 5.69 Å². The standard InChI is InChI=1S/C7H9N2.Rb/c1-6(2)7-3-4-8-5-9-7;/h4-6H,1-2H3;/q-1;+1. The van der Waals surface area contributed by atoms with Crippen LogP contribution in [0.4, 0.5) is 0 Å². The summed E-state index contributed by atoms with van der Waals surface area (Å²) in [4.78, 5) is 7.77. The third kappa shape index (κ3) is 3.33. The molecule has 1 aromatic heterocycles. The molecule has 0 aliphatic rings. The molecular weight excluding hydrogens is 198 g/mol. The van der Waals surface area contributed by atoms with Gasteiger partial charge in [0.1, 0.15) is 6.33 Å². The van der Waals surface area contributed by atoms with Crippen molar-refractivity contribution in [1.29, 1.82) is 0 Å². The molecule has 1 aromatic rings. The van der Waals surface area contributed by atoms with E-state index in [1.165, 1.54) is 0 Å². The quantitative estimate of drug-likeness (QED) is 0.518. The van der Waals surface area contributed by atoms with Crippen molar-refractivity contribution < 1.29 is 58.2 Å².